The van der Waals surface area contributed by atoms with Crippen LogP contribution < -0.4 is 10.2 Å². The zero-order chi connectivity index (χ0) is 22.7. The number of likely N-dealkylation sites (tertiary alicyclic amines) is 1. The zero-order valence-electron chi connectivity index (χ0n) is 18.2. The summed E-state index contributed by atoms with van der Waals surface area (Å²) in [5, 5.41) is 14.7. The van der Waals surface area contributed by atoms with E-state index in [0.29, 0.717) is 43.1 Å². The Morgan fingerprint density at radius 2 is 1.91 bits per heavy atom. The zero-order valence-corrected chi connectivity index (χ0v) is 18.2. The van der Waals surface area contributed by atoms with E-state index in [9.17, 15) is 19.7 Å². The van der Waals surface area contributed by atoms with Crippen LogP contribution in [0.15, 0.2) is 41.2 Å². The van der Waals surface area contributed by atoms with Gasteiger partial charge in [-0.1, -0.05) is 6.92 Å². The topological polar surface area (TPSA) is 109 Å². The third-order valence-electron chi connectivity index (χ3n) is 6.32. The van der Waals surface area contributed by atoms with Gasteiger partial charge in [0.2, 0.25) is 0 Å². The van der Waals surface area contributed by atoms with Gasteiger partial charge in [0, 0.05) is 43.9 Å². The quantitative estimate of drug-likeness (QED) is 0.563. The highest BCUT2D eigenvalue weighted by Crippen LogP contribution is 2.32. The molecule has 3 heterocycles. The van der Waals surface area contributed by atoms with Crippen LogP contribution in [0.1, 0.15) is 53.3 Å². The number of piperidine rings is 2. The van der Waals surface area contributed by atoms with Gasteiger partial charge in [-0.3, -0.25) is 19.7 Å². The first kappa shape index (κ1) is 21.9. The maximum Gasteiger partial charge on any atom is 0.293 e. The molecule has 1 aromatic heterocycles. The van der Waals surface area contributed by atoms with Crippen molar-refractivity contribution in [3.63, 3.8) is 0 Å². The molecule has 0 radical (unpaired) electrons. The molecule has 1 N–H and O–H groups in total. The Labute approximate surface area is 186 Å². The summed E-state index contributed by atoms with van der Waals surface area (Å²) in [7, 11) is 0. The summed E-state index contributed by atoms with van der Waals surface area (Å²) < 4.78 is 4.97. The first-order chi connectivity index (χ1) is 15.4. The van der Waals surface area contributed by atoms with Crippen molar-refractivity contribution in [2.24, 2.45) is 5.92 Å². The summed E-state index contributed by atoms with van der Waals surface area (Å²) >= 11 is 0. The van der Waals surface area contributed by atoms with Gasteiger partial charge in [-0.25, -0.2) is 0 Å². The summed E-state index contributed by atoms with van der Waals surface area (Å²) in [4.78, 5) is 40.3. The molecule has 2 aliphatic rings. The van der Waals surface area contributed by atoms with E-state index in [1.54, 1.807) is 23.1 Å². The highest BCUT2D eigenvalue weighted by Gasteiger charge is 2.28. The van der Waals surface area contributed by atoms with E-state index in [0.717, 1.165) is 25.9 Å². The molecule has 0 spiro atoms. The molecular formula is C23H28N4O5. The maximum absolute atomic E-state index is 12.8. The van der Waals surface area contributed by atoms with Gasteiger partial charge in [0.25, 0.3) is 17.5 Å². The van der Waals surface area contributed by atoms with Crippen LogP contribution in [0.3, 0.4) is 0 Å². The van der Waals surface area contributed by atoms with Gasteiger partial charge in [-0.15, -0.1) is 0 Å². The number of anilines is 1. The van der Waals surface area contributed by atoms with Crippen molar-refractivity contribution in [2.45, 2.75) is 38.6 Å². The Balaban J connectivity index is 1.39. The smallest absolute Gasteiger partial charge is 0.293 e. The Bertz CT molecular complexity index is 982. The fourth-order valence-corrected chi connectivity index (χ4v) is 4.55. The molecule has 2 saturated heterocycles. The van der Waals surface area contributed by atoms with Crippen molar-refractivity contribution in [3.05, 3.63) is 58.0 Å². The lowest BCUT2D eigenvalue weighted by molar-refractivity contribution is -0.384. The second-order valence-electron chi connectivity index (χ2n) is 8.71. The minimum absolute atomic E-state index is 0.0349. The number of nitro groups is 1. The van der Waals surface area contributed by atoms with E-state index in [-0.39, 0.29) is 29.1 Å². The molecule has 0 aliphatic carbocycles. The van der Waals surface area contributed by atoms with Crippen molar-refractivity contribution in [3.8, 4) is 0 Å². The van der Waals surface area contributed by atoms with Gasteiger partial charge in [-0.2, -0.15) is 0 Å². The predicted octanol–water partition coefficient (Wildman–Crippen LogP) is 3.46. The Hall–Kier alpha value is -3.36. The number of nitrogens with zero attached hydrogens (tertiary/aromatic N) is 3. The third-order valence-corrected chi connectivity index (χ3v) is 6.32. The number of benzene rings is 1. The fourth-order valence-electron chi connectivity index (χ4n) is 4.55. The second kappa shape index (κ2) is 9.42. The molecule has 0 bridgehead atoms. The number of carbonyl (C=O) groups excluding carboxylic acids is 2. The SMILES string of the molecule is CC1CCCN(c2ccc(C(=O)NC3CCN(C(=O)c4ccoc4)CC3)cc2[N+](=O)[O-])C1. The van der Waals surface area contributed by atoms with Crippen LogP contribution >= 0.6 is 0 Å². The lowest BCUT2D eigenvalue weighted by Crippen LogP contribution is -2.46. The Kier molecular flexibility index (Phi) is 6.43. The number of nitrogens with one attached hydrogen (secondary N) is 1. The summed E-state index contributed by atoms with van der Waals surface area (Å²) in [5.74, 6) is 0.0747. The highest BCUT2D eigenvalue weighted by molar-refractivity contribution is 5.96. The van der Waals surface area contributed by atoms with Crippen LogP contribution in [0.2, 0.25) is 0 Å². The molecule has 9 heteroatoms. The lowest BCUT2D eigenvalue weighted by atomic mass is 9.99. The minimum Gasteiger partial charge on any atom is -0.472 e. The number of nitro benzene ring substituents is 1. The summed E-state index contributed by atoms with van der Waals surface area (Å²) in [6, 6.07) is 6.28. The van der Waals surface area contributed by atoms with Gasteiger partial charge in [0.05, 0.1) is 16.7 Å². The lowest BCUT2D eigenvalue weighted by Gasteiger charge is -2.33. The molecule has 32 heavy (non-hydrogen) atoms. The second-order valence-corrected chi connectivity index (χ2v) is 8.71. The van der Waals surface area contributed by atoms with E-state index in [1.807, 2.05) is 4.90 Å². The first-order valence-corrected chi connectivity index (χ1v) is 11.1. The van der Waals surface area contributed by atoms with E-state index in [2.05, 4.69) is 12.2 Å². The van der Waals surface area contributed by atoms with E-state index >= 15 is 0 Å². The van der Waals surface area contributed by atoms with E-state index in [4.69, 9.17) is 4.42 Å². The standard InChI is InChI=1S/C23H28N4O5/c1-16-3-2-9-26(14-16)20-5-4-17(13-21(20)27(30)31)22(28)24-19-6-10-25(11-7-19)23(29)18-8-12-32-15-18/h4-5,8,12-13,15-16,19H,2-3,6-7,9-11,14H2,1H3,(H,24,28). The third kappa shape index (κ3) is 4.76. The van der Waals surface area contributed by atoms with Crippen molar-refractivity contribution in [2.75, 3.05) is 31.1 Å². The summed E-state index contributed by atoms with van der Waals surface area (Å²) in [6.45, 7) is 4.77. The average molecular weight is 441 g/mol. The number of furan rings is 1. The average Bonchev–Trinajstić information content (AvgIpc) is 3.33. The molecule has 9 nitrogen and oxygen atoms in total. The monoisotopic (exact) mass is 440 g/mol. The van der Waals surface area contributed by atoms with Crippen LogP contribution in [0.4, 0.5) is 11.4 Å². The Morgan fingerprint density at radius 3 is 2.56 bits per heavy atom. The molecule has 0 saturated carbocycles. The molecule has 1 atom stereocenters. The van der Waals surface area contributed by atoms with Crippen molar-refractivity contribution < 1.29 is 18.9 Å². The molecule has 2 aromatic rings. The molecule has 4 rings (SSSR count). The van der Waals surface area contributed by atoms with Crippen LogP contribution in [0.5, 0.6) is 0 Å². The number of carbonyl (C=O) groups is 2. The molecule has 2 fully saturated rings. The molecule has 2 aliphatic heterocycles. The minimum atomic E-state index is -0.411. The molecule has 1 unspecified atom stereocenters. The van der Waals surface area contributed by atoms with Crippen molar-refractivity contribution in [1.82, 2.24) is 10.2 Å². The first-order valence-electron chi connectivity index (χ1n) is 11.1. The number of rotatable bonds is 5. The molecular weight excluding hydrogens is 412 g/mol. The number of hydrogen-bond donors (Lipinski definition) is 1. The molecule has 170 valence electrons. The van der Waals surface area contributed by atoms with Crippen LogP contribution in [-0.2, 0) is 0 Å². The van der Waals surface area contributed by atoms with Crippen molar-refractivity contribution in [1.29, 1.82) is 0 Å². The van der Waals surface area contributed by atoms with Gasteiger partial charge in [0.15, 0.2) is 0 Å². The van der Waals surface area contributed by atoms with Gasteiger partial charge in [0.1, 0.15) is 12.0 Å². The van der Waals surface area contributed by atoms with E-state index < -0.39 is 4.92 Å². The molecule has 1 aromatic carbocycles. The van der Waals surface area contributed by atoms with E-state index in [1.165, 1.54) is 18.6 Å². The largest absolute Gasteiger partial charge is 0.472 e. The number of hydrogen-bond acceptors (Lipinski definition) is 6. The summed E-state index contributed by atoms with van der Waals surface area (Å²) in [5.41, 5.74) is 1.34. The highest BCUT2D eigenvalue weighted by atomic mass is 16.6. The van der Waals surface area contributed by atoms with Gasteiger partial charge in [-0.05, 0) is 49.8 Å². The number of amides is 2. The normalized spacial score (nSPS) is 19.6. The van der Waals surface area contributed by atoms with Gasteiger partial charge < -0.3 is 19.5 Å². The maximum atomic E-state index is 12.8. The van der Waals surface area contributed by atoms with Crippen LogP contribution in [0, 0.1) is 16.0 Å². The van der Waals surface area contributed by atoms with Crippen molar-refractivity contribution >= 4 is 23.2 Å². The van der Waals surface area contributed by atoms with Crippen LogP contribution in [-0.4, -0.2) is 53.9 Å². The molecule has 2 amide bonds. The predicted molar refractivity (Wildman–Crippen MR) is 119 cm³/mol. The fraction of sp³-hybridized carbons (Fsp3) is 0.478. The Morgan fingerprint density at radius 1 is 1.12 bits per heavy atom. The van der Waals surface area contributed by atoms with Crippen LogP contribution in [0.25, 0.3) is 0 Å². The summed E-state index contributed by atoms with van der Waals surface area (Å²) in [6.07, 6.45) is 6.27. The van der Waals surface area contributed by atoms with Gasteiger partial charge >= 0.3 is 0 Å².